The minimum absolute atomic E-state index is 0.519. The molecule has 82 valence electrons. The standard InChI is InChI=1S/C9H7F3O3/c10-9(11,12)6-3-1-2-4-7(6)15-5-8(13)14/h1-4H,5H2,(H,13,14)/p-1. The first-order valence-corrected chi connectivity index (χ1v) is 3.90. The molecule has 0 spiro atoms. The van der Waals surface area contributed by atoms with Gasteiger partial charge in [0.15, 0.2) is 0 Å². The fraction of sp³-hybridized carbons (Fsp3) is 0.222. The number of aliphatic carboxylic acids is 1. The predicted octanol–water partition coefficient (Wildman–Crippen LogP) is 0.834. The molecule has 0 saturated carbocycles. The number of para-hydroxylation sites is 1. The highest BCUT2D eigenvalue weighted by atomic mass is 19.4. The first kappa shape index (κ1) is 11.4. The van der Waals surface area contributed by atoms with Gasteiger partial charge in [-0.1, -0.05) is 12.1 Å². The van der Waals surface area contributed by atoms with Crippen LogP contribution in [0.4, 0.5) is 13.2 Å². The van der Waals surface area contributed by atoms with Crippen LogP contribution in [0.1, 0.15) is 5.56 Å². The molecule has 0 aliphatic heterocycles. The van der Waals surface area contributed by atoms with Crippen LogP contribution < -0.4 is 9.84 Å². The van der Waals surface area contributed by atoms with E-state index in [1.165, 1.54) is 12.1 Å². The maximum Gasteiger partial charge on any atom is 0.419 e. The molecule has 1 aromatic carbocycles. The lowest BCUT2D eigenvalue weighted by molar-refractivity contribution is -0.307. The van der Waals surface area contributed by atoms with Crippen molar-refractivity contribution in [1.29, 1.82) is 0 Å². The molecule has 0 aliphatic carbocycles. The summed E-state index contributed by atoms with van der Waals surface area (Å²) in [5.41, 5.74) is -1.01. The largest absolute Gasteiger partial charge is 0.546 e. The highest BCUT2D eigenvalue weighted by Crippen LogP contribution is 2.35. The highest BCUT2D eigenvalue weighted by Gasteiger charge is 2.33. The molecule has 15 heavy (non-hydrogen) atoms. The molecule has 3 nitrogen and oxygen atoms in total. The van der Waals surface area contributed by atoms with E-state index in [1.54, 1.807) is 0 Å². The van der Waals surface area contributed by atoms with Crippen LogP contribution in [-0.4, -0.2) is 12.6 Å². The molecule has 0 radical (unpaired) electrons. The van der Waals surface area contributed by atoms with Crippen molar-refractivity contribution < 1.29 is 27.8 Å². The van der Waals surface area contributed by atoms with Gasteiger partial charge in [-0.05, 0) is 12.1 Å². The van der Waals surface area contributed by atoms with Gasteiger partial charge in [0.1, 0.15) is 12.4 Å². The van der Waals surface area contributed by atoms with Crippen molar-refractivity contribution in [2.24, 2.45) is 0 Å². The molecule has 0 atom stereocenters. The van der Waals surface area contributed by atoms with E-state index in [2.05, 4.69) is 4.74 Å². The third-order valence-electron chi connectivity index (χ3n) is 1.54. The summed E-state index contributed by atoms with van der Waals surface area (Å²) in [6, 6.07) is 4.37. The molecule has 0 aromatic heterocycles. The summed E-state index contributed by atoms with van der Waals surface area (Å²) < 4.78 is 41.4. The van der Waals surface area contributed by atoms with E-state index in [4.69, 9.17) is 0 Å². The topological polar surface area (TPSA) is 49.4 Å². The number of carbonyl (C=O) groups excluding carboxylic acids is 1. The molecule has 0 N–H and O–H groups in total. The average molecular weight is 219 g/mol. The Hall–Kier alpha value is -1.72. The molecule has 0 saturated heterocycles. The van der Waals surface area contributed by atoms with Gasteiger partial charge < -0.3 is 14.6 Å². The Morgan fingerprint density at radius 3 is 2.47 bits per heavy atom. The number of ether oxygens (including phenoxy) is 1. The Balaban J connectivity index is 2.92. The SMILES string of the molecule is O=C([O-])COc1ccccc1C(F)(F)F. The number of hydrogen-bond acceptors (Lipinski definition) is 3. The number of rotatable bonds is 3. The molecule has 6 heteroatoms. The lowest BCUT2D eigenvalue weighted by atomic mass is 10.2. The molecule has 1 rings (SSSR count). The number of hydrogen-bond donors (Lipinski definition) is 0. The van der Waals surface area contributed by atoms with Gasteiger partial charge in [0.05, 0.1) is 11.5 Å². The lowest BCUT2D eigenvalue weighted by Crippen LogP contribution is -2.29. The molecule has 0 bridgehead atoms. The summed E-state index contributed by atoms with van der Waals surface area (Å²) in [6.45, 7) is -0.910. The van der Waals surface area contributed by atoms with Crippen LogP contribution in [-0.2, 0) is 11.0 Å². The first-order chi connectivity index (χ1) is 6.91. The smallest absolute Gasteiger partial charge is 0.419 e. The molecule has 0 unspecified atom stereocenters. The van der Waals surface area contributed by atoms with Crippen LogP contribution in [0.3, 0.4) is 0 Å². The number of carbonyl (C=O) groups is 1. The zero-order chi connectivity index (χ0) is 11.5. The number of carboxylic acid groups (broad SMARTS) is 1. The van der Waals surface area contributed by atoms with Crippen molar-refractivity contribution in [3.05, 3.63) is 29.8 Å². The second kappa shape index (κ2) is 4.20. The van der Waals surface area contributed by atoms with Gasteiger partial charge in [-0.3, -0.25) is 0 Å². The van der Waals surface area contributed by atoms with E-state index in [1.807, 2.05) is 0 Å². The highest BCUT2D eigenvalue weighted by molar-refractivity contribution is 5.66. The Bertz CT molecular complexity index is 360. The van der Waals surface area contributed by atoms with E-state index in [9.17, 15) is 23.1 Å². The fourth-order valence-electron chi connectivity index (χ4n) is 0.963. The Morgan fingerprint density at radius 1 is 1.33 bits per heavy atom. The minimum Gasteiger partial charge on any atom is -0.546 e. The zero-order valence-electron chi connectivity index (χ0n) is 7.38. The van der Waals surface area contributed by atoms with E-state index in [-0.39, 0.29) is 0 Å². The molecule has 0 heterocycles. The fourth-order valence-corrected chi connectivity index (χ4v) is 0.963. The van der Waals surface area contributed by atoms with Crippen molar-refractivity contribution in [2.75, 3.05) is 6.61 Å². The molecule has 1 aromatic rings. The third kappa shape index (κ3) is 3.16. The van der Waals surface area contributed by atoms with Crippen molar-refractivity contribution in [3.8, 4) is 5.75 Å². The maximum absolute atomic E-state index is 12.3. The van der Waals surface area contributed by atoms with E-state index in [0.29, 0.717) is 0 Å². The number of alkyl halides is 3. The number of carboxylic acids is 1. The van der Waals surface area contributed by atoms with E-state index < -0.39 is 30.1 Å². The van der Waals surface area contributed by atoms with Crippen LogP contribution in [0.15, 0.2) is 24.3 Å². The van der Waals surface area contributed by atoms with Crippen LogP contribution in [0, 0.1) is 0 Å². The van der Waals surface area contributed by atoms with Gasteiger partial charge in [0.2, 0.25) is 0 Å². The second-order valence-corrected chi connectivity index (χ2v) is 2.65. The predicted molar refractivity (Wildman–Crippen MR) is 41.9 cm³/mol. The molecule has 0 fully saturated rings. The summed E-state index contributed by atoms with van der Waals surface area (Å²) in [4.78, 5) is 10.0. The Labute approximate surface area is 83.1 Å². The molecule has 0 amide bonds. The van der Waals surface area contributed by atoms with Crippen molar-refractivity contribution in [1.82, 2.24) is 0 Å². The molecule has 0 aliphatic rings. The zero-order valence-corrected chi connectivity index (χ0v) is 7.38. The maximum atomic E-state index is 12.3. The van der Waals surface area contributed by atoms with Crippen LogP contribution >= 0.6 is 0 Å². The Kier molecular flexibility index (Phi) is 3.18. The van der Waals surface area contributed by atoms with Gasteiger partial charge in [0, 0.05) is 0 Å². The lowest BCUT2D eigenvalue weighted by Gasteiger charge is -2.13. The monoisotopic (exact) mass is 219 g/mol. The van der Waals surface area contributed by atoms with Gasteiger partial charge in [-0.25, -0.2) is 0 Å². The van der Waals surface area contributed by atoms with E-state index in [0.717, 1.165) is 12.1 Å². The minimum atomic E-state index is -4.57. The summed E-state index contributed by atoms with van der Waals surface area (Å²) in [7, 11) is 0. The quantitative estimate of drug-likeness (QED) is 0.756. The van der Waals surface area contributed by atoms with Gasteiger partial charge in [-0.15, -0.1) is 0 Å². The van der Waals surface area contributed by atoms with Gasteiger partial charge in [0.25, 0.3) is 0 Å². The summed E-state index contributed by atoms with van der Waals surface area (Å²) in [5, 5.41) is 10.0. The van der Waals surface area contributed by atoms with Crippen LogP contribution in [0.25, 0.3) is 0 Å². The van der Waals surface area contributed by atoms with Crippen molar-refractivity contribution in [3.63, 3.8) is 0 Å². The number of halogens is 3. The van der Waals surface area contributed by atoms with Crippen molar-refractivity contribution in [2.45, 2.75) is 6.18 Å². The Morgan fingerprint density at radius 2 is 1.93 bits per heavy atom. The van der Waals surface area contributed by atoms with Crippen LogP contribution in [0.2, 0.25) is 0 Å². The van der Waals surface area contributed by atoms with Crippen molar-refractivity contribution >= 4 is 5.97 Å². The summed E-state index contributed by atoms with van der Waals surface area (Å²) in [5.74, 6) is -2.10. The van der Waals surface area contributed by atoms with Crippen LogP contribution in [0.5, 0.6) is 5.75 Å². The third-order valence-corrected chi connectivity index (χ3v) is 1.54. The summed E-state index contributed by atoms with van der Waals surface area (Å²) in [6.07, 6.45) is -4.57. The first-order valence-electron chi connectivity index (χ1n) is 3.90. The van der Waals surface area contributed by atoms with Gasteiger partial charge in [-0.2, -0.15) is 13.2 Å². The summed E-state index contributed by atoms with van der Waals surface area (Å²) >= 11 is 0. The average Bonchev–Trinajstić information content (AvgIpc) is 2.13. The van der Waals surface area contributed by atoms with E-state index >= 15 is 0 Å². The molecular weight excluding hydrogens is 213 g/mol. The van der Waals surface area contributed by atoms with Gasteiger partial charge >= 0.3 is 6.18 Å². The normalized spacial score (nSPS) is 11.1. The molecular formula is C9H6F3O3-. The second-order valence-electron chi connectivity index (χ2n) is 2.65. The number of benzene rings is 1.